The molecule has 2 aliphatic carbocycles. The van der Waals surface area contributed by atoms with E-state index in [1.54, 1.807) is 29.2 Å². The number of amides is 5. The van der Waals surface area contributed by atoms with E-state index in [9.17, 15) is 28.8 Å². The van der Waals surface area contributed by atoms with Gasteiger partial charge in [-0.25, -0.2) is 0 Å². The lowest BCUT2D eigenvalue weighted by Crippen LogP contribution is -2.61. The lowest BCUT2D eigenvalue weighted by molar-refractivity contribution is -0.140. The molecule has 0 radical (unpaired) electrons. The van der Waals surface area contributed by atoms with Gasteiger partial charge in [-0.05, 0) is 81.3 Å². The number of carbonyl (C=O) groups is 6. The van der Waals surface area contributed by atoms with Gasteiger partial charge < -0.3 is 47.1 Å². The second-order valence-electron chi connectivity index (χ2n) is 19.4. The van der Waals surface area contributed by atoms with Crippen molar-refractivity contribution in [1.29, 1.82) is 0 Å². The molecule has 1 aromatic rings. The first-order valence-electron chi connectivity index (χ1n) is 24.2. The van der Waals surface area contributed by atoms with Crippen molar-refractivity contribution in [1.82, 2.24) is 26.2 Å². The maximum atomic E-state index is 14.6. The van der Waals surface area contributed by atoms with E-state index in [1.807, 2.05) is 20.8 Å². The molecule has 5 rings (SSSR count). The smallest absolute Gasteiger partial charge is 0.246 e. The quantitative estimate of drug-likeness (QED) is 0.103. The van der Waals surface area contributed by atoms with Crippen molar-refractivity contribution in [2.24, 2.45) is 33.7 Å². The standard InChI is InChI=1S/C48H76N8O8/c1-48(2,3)42(41(58)33-20-10-7-5-4-6-8-11-21-33)55-43(59)36(24-15-27-51-47(49)50)52-44(60)37-31-64-35-23-14-22-34(30-35)63-29-17-26-39(57)56-28-16-25-38(56)45(61)54-40(46(62)53-37)32-18-12-9-13-19-32/h14,22-23,30,32-33,36-38,40,42H,4-13,15-21,24-29,31H2,1-3H3,(H,52,60)(H,53,62)(H,54,61)(H,55,59)(H4,49,50,51)/t36-,37-,38-,40-,42+/m0/s1. The van der Waals surface area contributed by atoms with E-state index in [-0.39, 0.29) is 62.1 Å². The van der Waals surface area contributed by atoms with Crippen LogP contribution in [0.15, 0.2) is 29.3 Å². The Hall–Kier alpha value is -4.89. The second-order valence-corrected chi connectivity index (χ2v) is 19.4. The van der Waals surface area contributed by atoms with Crippen molar-refractivity contribution >= 4 is 41.3 Å². The Kier molecular flexibility index (Phi) is 19.6. The number of hydrogen-bond donors (Lipinski definition) is 6. The highest BCUT2D eigenvalue weighted by Gasteiger charge is 2.41. The van der Waals surface area contributed by atoms with Crippen LogP contribution in [0, 0.1) is 17.3 Å². The fourth-order valence-corrected chi connectivity index (χ4v) is 9.62. The topological polar surface area (TPSA) is 237 Å². The van der Waals surface area contributed by atoms with E-state index < -0.39 is 59.3 Å². The van der Waals surface area contributed by atoms with Crippen molar-refractivity contribution in [2.45, 2.75) is 179 Å². The van der Waals surface area contributed by atoms with Crippen LogP contribution in [0.3, 0.4) is 0 Å². The van der Waals surface area contributed by atoms with E-state index in [1.165, 1.54) is 6.42 Å². The minimum Gasteiger partial charge on any atom is -0.493 e. The van der Waals surface area contributed by atoms with Crippen molar-refractivity contribution in [3.8, 4) is 11.5 Å². The molecule has 4 aliphatic rings. The van der Waals surface area contributed by atoms with Crippen LogP contribution >= 0.6 is 0 Å². The zero-order valence-electron chi connectivity index (χ0n) is 38.6. The fourth-order valence-electron chi connectivity index (χ4n) is 9.62. The normalized spacial score (nSPS) is 23.8. The average molecular weight is 893 g/mol. The molecule has 1 saturated heterocycles. The number of fused-ring (bicyclic) bond motifs is 3. The fraction of sp³-hybridized carbons (Fsp3) is 0.729. The van der Waals surface area contributed by atoms with Crippen molar-refractivity contribution in [3.05, 3.63) is 24.3 Å². The van der Waals surface area contributed by atoms with Crippen molar-refractivity contribution < 1.29 is 38.2 Å². The predicted octanol–water partition coefficient (Wildman–Crippen LogP) is 4.56. The predicted molar refractivity (Wildman–Crippen MR) is 245 cm³/mol. The number of rotatable bonds is 11. The number of aliphatic imine (C=N–C) groups is 1. The molecule has 16 nitrogen and oxygen atoms in total. The van der Waals surface area contributed by atoms with Gasteiger partial charge in [-0.15, -0.1) is 0 Å². The van der Waals surface area contributed by atoms with Crippen LogP contribution in [0.5, 0.6) is 11.5 Å². The molecule has 0 spiro atoms. The molecule has 5 atom stereocenters. The summed E-state index contributed by atoms with van der Waals surface area (Å²) in [6, 6.07) is 1.92. The SMILES string of the molecule is CC(C)(C)[C@H](NC(=O)[C@H](CCCN=C(N)N)NC(=O)[C@@H]1COc2cccc(c2)OCCCC(=O)N2CCC[C@H]2C(=O)N[C@@H](C2CCCCC2)C(=O)N1)C(=O)C1CCCCCCCCC1. The third kappa shape index (κ3) is 15.4. The number of ketones is 1. The monoisotopic (exact) mass is 893 g/mol. The van der Waals surface area contributed by atoms with Crippen LogP contribution in [0.25, 0.3) is 0 Å². The third-order valence-corrected chi connectivity index (χ3v) is 13.3. The molecule has 0 aromatic heterocycles. The van der Waals surface area contributed by atoms with Crippen LogP contribution in [-0.4, -0.2) is 103 Å². The van der Waals surface area contributed by atoms with Crippen LogP contribution < -0.4 is 42.2 Å². The highest BCUT2D eigenvalue weighted by Crippen LogP contribution is 2.30. The summed E-state index contributed by atoms with van der Waals surface area (Å²) in [5.41, 5.74) is 10.6. The summed E-state index contributed by atoms with van der Waals surface area (Å²) in [5.74, 6) is -1.93. The van der Waals surface area contributed by atoms with Gasteiger partial charge in [-0.2, -0.15) is 0 Å². The number of nitrogens with two attached hydrogens (primary N) is 2. The summed E-state index contributed by atoms with van der Waals surface area (Å²) in [6.45, 7) is 6.39. The summed E-state index contributed by atoms with van der Waals surface area (Å²) in [5, 5.41) is 11.9. The maximum absolute atomic E-state index is 14.6. The summed E-state index contributed by atoms with van der Waals surface area (Å²) < 4.78 is 12.1. The van der Waals surface area contributed by atoms with Crippen molar-refractivity contribution in [3.63, 3.8) is 0 Å². The number of ether oxygens (including phenoxy) is 2. The minimum absolute atomic E-state index is 0.00337. The van der Waals surface area contributed by atoms with Crippen LogP contribution in [0.1, 0.15) is 149 Å². The summed E-state index contributed by atoms with van der Waals surface area (Å²) >= 11 is 0. The van der Waals surface area contributed by atoms with Gasteiger partial charge in [-0.1, -0.05) is 91.0 Å². The lowest BCUT2D eigenvalue weighted by atomic mass is 9.77. The molecule has 2 aliphatic heterocycles. The van der Waals surface area contributed by atoms with Gasteiger partial charge in [0.15, 0.2) is 11.7 Å². The first kappa shape index (κ1) is 50.1. The number of carbonyl (C=O) groups excluding carboxylic acids is 6. The van der Waals surface area contributed by atoms with E-state index in [0.29, 0.717) is 56.6 Å². The molecule has 2 heterocycles. The Bertz CT molecular complexity index is 1750. The Morgan fingerprint density at radius 3 is 2.12 bits per heavy atom. The van der Waals surface area contributed by atoms with Gasteiger partial charge in [0.25, 0.3) is 0 Å². The zero-order valence-corrected chi connectivity index (χ0v) is 38.6. The highest BCUT2D eigenvalue weighted by atomic mass is 16.5. The van der Waals surface area contributed by atoms with Crippen LogP contribution in [0.4, 0.5) is 0 Å². The van der Waals surface area contributed by atoms with Gasteiger partial charge in [0.1, 0.15) is 42.3 Å². The van der Waals surface area contributed by atoms with Gasteiger partial charge in [0.05, 0.1) is 12.6 Å². The number of hydrogen-bond acceptors (Lipinski definition) is 9. The Balaban J connectivity index is 1.43. The number of benzene rings is 1. The molecular formula is C48H76N8O8. The number of nitrogens with zero attached hydrogens (tertiary/aromatic N) is 2. The van der Waals surface area contributed by atoms with E-state index in [4.69, 9.17) is 20.9 Å². The minimum atomic E-state index is -1.32. The van der Waals surface area contributed by atoms with Gasteiger partial charge in [0.2, 0.25) is 29.5 Å². The van der Waals surface area contributed by atoms with E-state index in [2.05, 4.69) is 26.3 Å². The van der Waals surface area contributed by atoms with Gasteiger partial charge in [0, 0.05) is 31.5 Å². The molecule has 64 heavy (non-hydrogen) atoms. The van der Waals surface area contributed by atoms with Crippen LogP contribution in [0.2, 0.25) is 0 Å². The van der Waals surface area contributed by atoms with Crippen LogP contribution in [-0.2, 0) is 28.8 Å². The zero-order chi connectivity index (χ0) is 46.1. The lowest BCUT2D eigenvalue weighted by Gasteiger charge is -2.35. The molecule has 0 unspecified atom stereocenters. The molecule has 3 fully saturated rings. The molecule has 8 N–H and O–H groups in total. The van der Waals surface area contributed by atoms with E-state index >= 15 is 0 Å². The first-order chi connectivity index (χ1) is 30.7. The molecule has 356 valence electrons. The molecule has 5 amide bonds. The Morgan fingerprint density at radius 1 is 0.812 bits per heavy atom. The van der Waals surface area contributed by atoms with Gasteiger partial charge in [-0.3, -0.25) is 33.8 Å². The van der Waals surface area contributed by atoms with Crippen molar-refractivity contribution in [2.75, 3.05) is 26.3 Å². The van der Waals surface area contributed by atoms with Gasteiger partial charge >= 0.3 is 0 Å². The second kappa shape index (κ2) is 25.0. The summed E-state index contributed by atoms with van der Waals surface area (Å²) in [6.07, 6.45) is 15.6. The molecule has 16 heteroatoms. The average Bonchev–Trinajstić information content (AvgIpc) is 3.77. The molecular weight excluding hydrogens is 817 g/mol. The maximum Gasteiger partial charge on any atom is 0.246 e. The molecule has 2 saturated carbocycles. The third-order valence-electron chi connectivity index (χ3n) is 13.3. The largest absolute Gasteiger partial charge is 0.493 e. The van der Waals surface area contributed by atoms with E-state index in [0.717, 1.165) is 70.6 Å². The number of guanidine groups is 1. The number of Topliss-reactive ketones (excluding diaryl/α,β-unsaturated/α-hetero) is 1. The molecule has 1 aromatic carbocycles. The molecule has 2 bridgehead atoms. The number of nitrogens with one attached hydrogen (secondary N) is 4. The highest BCUT2D eigenvalue weighted by molar-refractivity contribution is 5.97. The Morgan fingerprint density at radius 2 is 1.45 bits per heavy atom. The Labute approximate surface area is 379 Å². The summed E-state index contributed by atoms with van der Waals surface area (Å²) in [7, 11) is 0. The summed E-state index contributed by atoms with van der Waals surface area (Å²) in [4.78, 5) is 91.0. The first-order valence-corrected chi connectivity index (χ1v) is 24.2.